The minimum absolute atomic E-state index is 0. The fourth-order valence-electron chi connectivity index (χ4n) is 2.87. The smallest absolute Gasteiger partial charge is 0.0500 e. The summed E-state index contributed by atoms with van der Waals surface area (Å²) in [4.78, 5) is 2.47. The van der Waals surface area contributed by atoms with Crippen LogP contribution in [0.1, 0.15) is 25.5 Å². The Balaban J connectivity index is 0.00000220. The van der Waals surface area contributed by atoms with Gasteiger partial charge in [-0.1, -0.05) is 19.9 Å². The fourth-order valence-corrected chi connectivity index (χ4v) is 3.51. The largest absolute Gasteiger partial charge is 0.396 e. The summed E-state index contributed by atoms with van der Waals surface area (Å²) in [6.07, 6.45) is 0. The highest BCUT2D eigenvalue weighted by Crippen LogP contribution is 2.40. The fraction of sp³-hybridized carbons (Fsp3) is 0.600. The van der Waals surface area contributed by atoms with Crippen LogP contribution in [0.4, 0.5) is 0 Å². The molecule has 0 aromatic heterocycles. The first-order valence-corrected chi connectivity index (χ1v) is 8.55. The Morgan fingerprint density at radius 3 is 2.38 bits per heavy atom. The predicted molar refractivity (Wildman–Crippen MR) is 97.1 cm³/mol. The highest BCUT2D eigenvalue weighted by molar-refractivity contribution is 9.13. The van der Waals surface area contributed by atoms with Gasteiger partial charge in [-0.25, -0.2) is 0 Å². The Morgan fingerprint density at radius 1 is 1.24 bits per heavy atom. The number of benzene rings is 1. The van der Waals surface area contributed by atoms with Gasteiger partial charge in [-0.3, -0.25) is 4.90 Å². The number of nitrogens with one attached hydrogen (secondary N) is 1. The Kier molecular flexibility index (Phi) is 7.64. The van der Waals surface area contributed by atoms with Gasteiger partial charge in [0.25, 0.3) is 0 Å². The lowest BCUT2D eigenvalue weighted by molar-refractivity contribution is 0.0305. The minimum atomic E-state index is -0.176. The summed E-state index contributed by atoms with van der Waals surface area (Å²) in [6, 6.07) is 6.61. The van der Waals surface area contributed by atoms with Crippen LogP contribution in [0.5, 0.6) is 0 Å². The van der Waals surface area contributed by atoms with Crippen molar-refractivity contribution in [3.8, 4) is 0 Å². The molecule has 1 aliphatic heterocycles. The van der Waals surface area contributed by atoms with Gasteiger partial charge in [0.2, 0.25) is 0 Å². The van der Waals surface area contributed by atoms with E-state index in [0.29, 0.717) is 0 Å². The lowest BCUT2D eigenvalue weighted by Gasteiger charge is -2.43. The van der Waals surface area contributed by atoms with Crippen molar-refractivity contribution in [1.29, 1.82) is 0 Å². The van der Waals surface area contributed by atoms with Crippen LogP contribution in [-0.2, 0) is 0 Å². The molecule has 2 N–H and O–H groups in total. The monoisotopic (exact) mass is 440 g/mol. The highest BCUT2D eigenvalue weighted by Gasteiger charge is 2.35. The molecule has 1 saturated heterocycles. The van der Waals surface area contributed by atoms with Crippen LogP contribution in [-0.4, -0.2) is 42.8 Å². The number of piperazine rings is 1. The molecule has 21 heavy (non-hydrogen) atoms. The maximum atomic E-state index is 9.82. The molecule has 0 unspecified atom stereocenters. The second-order valence-corrected chi connectivity index (χ2v) is 7.72. The van der Waals surface area contributed by atoms with Crippen molar-refractivity contribution in [1.82, 2.24) is 10.2 Å². The number of halogens is 3. The third kappa shape index (κ3) is 4.66. The Bertz CT molecular complexity index is 465. The average molecular weight is 443 g/mol. The molecule has 1 atom stereocenters. The molecule has 0 bridgehead atoms. The summed E-state index contributed by atoms with van der Waals surface area (Å²) in [5.74, 6) is 0. The average Bonchev–Trinajstić information content (AvgIpc) is 2.44. The molecule has 3 nitrogen and oxygen atoms in total. The van der Waals surface area contributed by atoms with E-state index in [0.717, 1.165) is 35.1 Å². The molecule has 1 fully saturated rings. The lowest BCUT2D eigenvalue weighted by Crippen LogP contribution is -2.49. The van der Waals surface area contributed by atoms with Gasteiger partial charge in [0, 0.05) is 53.2 Å². The van der Waals surface area contributed by atoms with Gasteiger partial charge in [0.05, 0.1) is 0 Å². The molecule has 0 radical (unpaired) electrons. The first-order valence-electron chi connectivity index (χ1n) is 6.96. The molecule has 1 heterocycles. The molecule has 1 aromatic rings. The Morgan fingerprint density at radius 2 is 1.86 bits per heavy atom. The van der Waals surface area contributed by atoms with Gasteiger partial charge in [-0.15, -0.1) is 12.4 Å². The molecule has 0 aliphatic carbocycles. The van der Waals surface area contributed by atoms with E-state index in [1.54, 1.807) is 0 Å². The second-order valence-electron chi connectivity index (χ2n) is 6.01. The standard InChI is InChI=1S/C15H22Br2N2O.ClH/c1-15(2,10-20)14(19-7-5-18-6-8-19)11-3-4-12(16)13(17)9-11;/h3-4,9,14,18,20H,5-8,10H2,1-2H3;1H/t14-;/m0./s1. The van der Waals surface area contributed by atoms with Crippen molar-refractivity contribution >= 4 is 44.3 Å². The normalized spacial score (nSPS) is 18.1. The van der Waals surface area contributed by atoms with E-state index in [1.807, 2.05) is 0 Å². The Labute approximate surface area is 150 Å². The number of aliphatic hydroxyl groups is 1. The van der Waals surface area contributed by atoms with Gasteiger partial charge in [0.15, 0.2) is 0 Å². The van der Waals surface area contributed by atoms with Crippen molar-refractivity contribution < 1.29 is 5.11 Å². The van der Waals surface area contributed by atoms with Crippen LogP contribution < -0.4 is 5.32 Å². The molecule has 1 aromatic carbocycles. The van der Waals surface area contributed by atoms with E-state index in [2.05, 4.69) is 74.1 Å². The zero-order chi connectivity index (χ0) is 14.8. The number of hydrogen-bond donors (Lipinski definition) is 2. The maximum absolute atomic E-state index is 9.82. The van der Waals surface area contributed by atoms with Crippen LogP contribution in [0.15, 0.2) is 27.1 Å². The summed E-state index contributed by atoms with van der Waals surface area (Å²) in [5, 5.41) is 13.2. The summed E-state index contributed by atoms with van der Waals surface area (Å²) in [6.45, 7) is 8.50. The number of hydrogen-bond acceptors (Lipinski definition) is 3. The van der Waals surface area contributed by atoms with Crippen LogP contribution in [0.3, 0.4) is 0 Å². The van der Waals surface area contributed by atoms with Gasteiger partial charge in [-0.2, -0.15) is 0 Å². The van der Waals surface area contributed by atoms with Crippen molar-refractivity contribution in [2.45, 2.75) is 19.9 Å². The second kappa shape index (κ2) is 8.27. The summed E-state index contributed by atoms with van der Waals surface area (Å²) in [5.41, 5.74) is 1.07. The first kappa shape index (κ1) is 19.4. The minimum Gasteiger partial charge on any atom is -0.396 e. The molecule has 0 amide bonds. The summed E-state index contributed by atoms with van der Waals surface area (Å²) in [7, 11) is 0. The predicted octanol–water partition coefficient (Wildman–Crippen LogP) is 3.60. The van der Waals surface area contributed by atoms with Gasteiger partial charge in [-0.05, 0) is 49.6 Å². The SMILES string of the molecule is CC(C)(CO)[C@H](c1ccc(Br)c(Br)c1)N1CCNCC1.Cl. The molecule has 0 saturated carbocycles. The third-order valence-electron chi connectivity index (χ3n) is 3.92. The molecular formula is C15H23Br2ClN2O. The Hall–Kier alpha value is 0.350. The van der Waals surface area contributed by atoms with E-state index in [1.165, 1.54) is 5.56 Å². The summed E-state index contributed by atoms with van der Waals surface area (Å²) >= 11 is 7.11. The first-order chi connectivity index (χ1) is 9.45. The van der Waals surface area contributed by atoms with Gasteiger partial charge in [0.1, 0.15) is 0 Å². The van der Waals surface area contributed by atoms with Crippen molar-refractivity contribution in [3.63, 3.8) is 0 Å². The van der Waals surface area contributed by atoms with E-state index < -0.39 is 0 Å². The number of nitrogens with zero attached hydrogens (tertiary/aromatic N) is 1. The lowest BCUT2D eigenvalue weighted by atomic mass is 9.80. The van der Waals surface area contributed by atoms with Crippen molar-refractivity contribution in [2.24, 2.45) is 5.41 Å². The van der Waals surface area contributed by atoms with Crippen LogP contribution >= 0.6 is 44.3 Å². The van der Waals surface area contributed by atoms with E-state index in [4.69, 9.17) is 0 Å². The quantitative estimate of drug-likeness (QED) is 0.748. The van der Waals surface area contributed by atoms with Crippen LogP contribution in [0, 0.1) is 5.41 Å². The third-order valence-corrected chi connectivity index (χ3v) is 5.80. The highest BCUT2D eigenvalue weighted by atomic mass is 79.9. The number of aliphatic hydroxyl groups excluding tert-OH is 1. The van der Waals surface area contributed by atoms with Crippen molar-refractivity contribution in [2.75, 3.05) is 32.8 Å². The molecule has 6 heteroatoms. The molecule has 1 aliphatic rings. The van der Waals surface area contributed by atoms with Gasteiger partial charge < -0.3 is 10.4 Å². The van der Waals surface area contributed by atoms with E-state index in [9.17, 15) is 5.11 Å². The van der Waals surface area contributed by atoms with E-state index in [-0.39, 0.29) is 30.5 Å². The number of rotatable bonds is 4. The van der Waals surface area contributed by atoms with Crippen molar-refractivity contribution in [3.05, 3.63) is 32.7 Å². The van der Waals surface area contributed by atoms with Crippen LogP contribution in [0.2, 0.25) is 0 Å². The van der Waals surface area contributed by atoms with E-state index >= 15 is 0 Å². The van der Waals surface area contributed by atoms with Crippen LogP contribution in [0.25, 0.3) is 0 Å². The summed E-state index contributed by atoms with van der Waals surface area (Å²) < 4.78 is 2.12. The zero-order valence-electron chi connectivity index (χ0n) is 12.4. The molecule has 120 valence electrons. The molecule has 0 spiro atoms. The molecule has 2 rings (SSSR count). The van der Waals surface area contributed by atoms with Gasteiger partial charge >= 0.3 is 0 Å². The maximum Gasteiger partial charge on any atom is 0.0500 e. The topological polar surface area (TPSA) is 35.5 Å². The molecular weight excluding hydrogens is 419 g/mol. The zero-order valence-corrected chi connectivity index (χ0v) is 16.4.